The topological polar surface area (TPSA) is 74.3 Å². The van der Waals surface area contributed by atoms with Crippen LogP contribution in [0, 0.1) is 0 Å². The quantitative estimate of drug-likeness (QED) is 0.0817. The lowest BCUT2D eigenvalue weighted by atomic mass is 9.77. The normalized spacial score (nSPS) is 15.7. The zero-order valence-electron chi connectivity index (χ0n) is 35.1. The van der Waals surface area contributed by atoms with E-state index in [1.54, 1.807) is 4.90 Å². The number of anilines is 2. The number of amides is 2. The van der Waals surface area contributed by atoms with Crippen LogP contribution in [0.3, 0.4) is 0 Å². The van der Waals surface area contributed by atoms with Crippen molar-refractivity contribution in [1.82, 2.24) is 10.2 Å². The summed E-state index contributed by atoms with van der Waals surface area (Å²) < 4.78 is 13.1. The van der Waals surface area contributed by atoms with Crippen molar-refractivity contribution >= 4 is 44.8 Å². The first-order valence-electron chi connectivity index (χ1n) is 22.3. The van der Waals surface area contributed by atoms with Crippen molar-refractivity contribution in [1.29, 1.82) is 0 Å². The Kier molecular flexibility index (Phi) is 18.6. The molecular formula is C47H72N4O4S. The number of piperazine rings is 1. The fourth-order valence-corrected chi connectivity index (χ4v) is 9.18. The van der Waals surface area contributed by atoms with Crippen LogP contribution in [0.4, 0.5) is 16.2 Å². The summed E-state index contributed by atoms with van der Waals surface area (Å²) in [5, 5.41) is 6.44. The molecule has 9 heteroatoms. The fraction of sp³-hybridized carbons (Fsp3) is 0.660. The number of rotatable bonds is 26. The molecule has 1 saturated heterocycles. The molecule has 310 valence electrons. The molecule has 8 nitrogen and oxygen atoms in total. The van der Waals surface area contributed by atoms with Gasteiger partial charge in [-0.1, -0.05) is 129 Å². The van der Waals surface area contributed by atoms with Crippen molar-refractivity contribution in [2.75, 3.05) is 62.4 Å². The number of alkyl carbamates (subject to hydrolysis) is 1. The molecule has 0 atom stereocenters. The average Bonchev–Trinajstić information content (AvgIpc) is 3.68. The van der Waals surface area contributed by atoms with Crippen molar-refractivity contribution in [2.24, 2.45) is 0 Å². The molecule has 0 bridgehead atoms. The molecule has 0 saturated carbocycles. The molecule has 0 aliphatic carbocycles. The predicted octanol–water partition coefficient (Wildman–Crippen LogP) is 11.8. The first-order valence-corrected chi connectivity index (χ1v) is 23.2. The Hall–Kier alpha value is -3.30. The highest BCUT2D eigenvalue weighted by molar-refractivity contribution is 7.17. The van der Waals surface area contributed by atoms with E-state index in [9.17, 15) is 9.59 Å². The maximum atomic E-state index is 13.3. The van der Waals surface area contributed by atoms with Gasteiger partial charge in [0.15, 0.2) is 6.73 Å². The summed E-state index contributed by atoms with van der Waals surface area (Å²) in [5.41, 5.74) is 2.89. The number of carbonyl (C=O) groups excluding carboxylic acids is 2. The second-order valence-corrected chi connectivity index (χ2v) is 17.8. The highest BCUT2D eigenvalue weighted by Crippen LogP contribution is 2.42. The molecule has 1 aromatic heterocycles. The number of benzene rings is 2. The van der Waals surface area contributed by atoms with E-state index >= 15 is 0 Å². The van der Waals surface area contributed by atoms with Crippen LogP contribution in [0.5, 0.6) is 5.75 Å². The van der Waals surface area contributed by atoms with Gasteiger partial charge in [-0.15, -0.1) is 11.3 Å². The van der Waals surface area contributed by atoms with Gasteiger partial charge in [0.2, 0.25) is 5.91 Å². The van der Waals surface area contributed by atoms with Crippen LogP contribution in [0.2, 0.25) is 0 Å². The number of hydrogen-bond donors (Lipinski definition) is 1. The lowest BCUT2D eigenvalue weighted by Gasteiger charge is -2.38. The lowest BCUT2D eigenvalue weighted by molar-refractivity contribution is -0.120. The second kappa shape index (κ2) is 23.8. The van der Waals surface area contributed by atoms with E-state index < -0.39 is 6.09 Å². The number of carbonyl (C=O) groups is 2. The Morgan fingerprint density at radius 3 is 2.11 bits per heavy atom. The van der Waals surface area contributed by atoms with Crippen molar-refractivity contribution in [3.8, 4) is 5.75 Å². The van der Waals surface area contributed by atoms with Gasteiger partial charge in [0.25, 0.3) is 0 Å². The summed E-state index contributed by atoms with van der Waals surface area (Å²) in [6.07, 6.45) is 23.1. The molecule has 1 fully saturated rings. The third-order valence-electron chi connectivity index (χ3n) is 11.8. The zero-order chi connectivity index (χ0) is 39.4. The zero-order valence-corrected chi connectivity index (χ0v) is 35.9. The number of nitrogens with one attached hydrogen (secondary N) is 1. The number of fused-ring (bicyclic) bond motifs is 2. The van der Waals surface area contributed by atoms with Gasteiger partial charge >= 0.3 is 6.09 Å². The Bertz CT molecular complexity index is 1600. The molecule has 5 rings (SSSR count). The highest BCUT2D eigenvalue weighted by atomic mass is 32.1. The van der Waals surface area contributed by atoms with Gasteiger partial charge in [-0.3, -0.25) is 14.6 Å². The molecule has 3 heterocycles. The van der Waals surface area contributed by atoms with Crippen LogP contribution < -0.4 is 19.9 Å². The highest BCUT2D eigenvalue weighted by Gasteiger charge is 2.37. The molecular weight excluding hydrogens is 717 g/mol. The molecule has 2 amide bonds. The average molecular weight is 789 g/mol. The van der Waals surface area contributed by atoms with Crippen molar-refractivity contribution in [3.63, 3.8) is 0 Å². The maximum Gasteiger partial charge on any atom is 0.408 e. The Labute approximate surface area is 342 Å². The predicted molar refractivity (Wildman–Crippen MR) is 236 cm³/mol. The summed E-state index contributed by atoms with van der Waals surface area (Å²) in [5.74, 6) is 0.695. The SMILES string of the molecule is CCCCCCCCCCCCCCCCCCNC(=O)OCN1C(=O)CC(C)(C)c2ccc(OCCCCN3CCN(c4cccc5sccc45)CC3)cc21. The minimum Gasteiger partial charge on any atom is -0.494 e. The number of unbranched alkanes of at least 4 members (excludes halogenated alkanes) is 16. The van der Waals surface area contributed by atoms with Gasteiger partial charge in [-0.05, 0) is 61.0 Å². The first-order chi connectivity index (χ1) is 27.4. The molecule has 2 aliphatic rings. The van der Waals surface area contributed by atoms with Crippen LogP contribution in [0.1, 0.15) is 148 Å². The summed E-state index contributed by atoms with van der Waals surface area (Å²) in [7, 11) is 0. The molecule has 56 heavy (non-hydrogen) atoms. The van der Waals surface area contributed by atoms with Crippen molar-refractivity contribution in [3.05, 3.63) is 53.4 Å². The number of nitrogens with zero attached hydrogens (tertiary/aromatic N) is 3. The maximum absolute atomic E-state index is 13.3. The summed E-state index contributed by atoms with van der Waals surface area (Å²) >= 11 is 1.81. The van der Waals surface area contributed by atoms with Crippen molar-refractivity contribution < 1.29 is 19.1 Å². The minimum atomic E-state index is -0.473. The van der Waals surface area contributed by atoms with Crippen LogP contribution in [-0.2, 0) is 14.9 Å². The standard InChI is InChI=1S/C47H72N4O4S/c1-4-5-6-7-8-9-10-11-12-13-14-15-16-17-18-19-28-48-46(53)55-38-51-43-36-39(25-26-41(43)47(2,3)37-45(51)52)54-34-21-20-29-49-30-32-50(33-31-49)42-23-22-24-44-40(42)27-35-56-44/h22-27,35-36H,4-21,28-34,37-38H2,1-3H3,(H,48,53). The van der Waals surface area contributed by atoms with E-state index in [4.69, 9.17) is 9.47 Å². The van der Waals surface area contributed by atoms with E-state index in [0.29, 0.717) is 19.6 Å². The van der Waals surface area contributed by atoms with Crippen LogP contribution in [-0.4, -0.2) is 69.5 Å². The van der Waals surface area contributed by atoms with Gasteiger partial charge in [0, 0.05) is 66.4 Å². The molecule has 0 unspecified atom stereocenters. The van der Waals surface area contributed by atoms with Gasteiger partial charge in [-0.2, -0.15) is 0 Å². The Balaban J connectivity index is 0.924. The number of thiophene rings is 1. The third-order valence-corrected chi connectivity index (χ3v) is 12.7. The van der Waals surface area contributed by atoms with Crippen LogP contribution >= 0.6 is 11.3 Å². The van der Waals surface area contributed by atoms with Gasteiger partial charge in [0.05, 0.1) is 12.3 Å². The van der Waals surface area contributed by atoms with E-state index in [0.717, 1.165) is 75.4 Å². The van der Waals surface area contributed by atoms with Gasteiger partial charge < -0.3 is 19.7 Å². The number of hydrogen-bond acceptors (Lipinski definition) is 7. The van der Waals surface area contributed by atoms with Crippen LogP contribution in [0.25, 0.3) is 10.1 Å². The second-order valence-electron chi connectivity index (χ2n) is 16.8. The van der Waals surface area contributed by atoms with E-state index in [2.05, 4.69) is 71.6 Å². The minimum absolute atomic E-state index is 0.0441. The van der Waals surface area contributed by atoms with E-state index in [1.165, 1.54) is 106 Å². The van der Waals surface area contributed by atoms with Crippen LogP contribution in [0.15, 0.2) is 47.8 Å². The monoisotopic (exact) mass is 789 g/mol. The Morgan fingerprint density at radius 2 is 1.43 bits per heavy atom. The number of ether oxygens (including phenoxy) is 2. The molecule has 2 aromatic carbocycles. The van der Waals surface area contributed by atoms with Gasteiger partial charge in [0.1, 0.15) is 5.75 Å². The molecule has 0 spiro atoms. The molecule has 1 N–H and O–H groups in total. The smallest absolute Gasteiger partial charge is 0.408 e. The van der Waals surface area contributed by atoms with E-state index in [-0.39, 0.29) is 18.1 Å². The molecule has 3 aromatic rings. The largest absolute Gasteiger partial charge is 0.494 e. The molecule has 2 aliphatic heterocycles. The first kappa shape index (κ1) is 43.8. The van der Waals surface area contributed by atoms with Gasteiger partial charge in [-0.25, -0.2) is 4.79 Å². The summed E-state index contributed by atoms with van der Waals surface area (Å²) in [6, 6.07) is 14.9. The summed E-state index contributed by atoms with van der Waals surface area (Å²) in [6.45, 7) is 12.9. The molecule has 0 radical (unpaired) electrons. The summed E-state index contributed by atoms with van der Waals surface area (Å²) in [4.78, 5) is 32.6. The third kappa shape index (κ3) is 14.0. The van der Waals surface area contributed by atoms with Crippen molar-refractivity contribution in [2.45, 2.75) is 148 Å². The Morgan fingerprint density at radius 1 is 0.768 bits per heavy atom. The fourth-order valence-electron chi connectivity index (χ4n) is 8.37. The van der Waals surface area contributed by atoms with E-state index in [1.807, 2.05) is 23.5 Å². The lowest BCUT2D eigenvalue weighted by Crippen LogP contribution is -2.46.